The zero-order valence-corrected chi connectivity index (χ0v) is 12.8. The molecule has 1 atom stereocenters. The lowest BCUT2D eigenvalue weighted by molar-refractivity contribution is -0.139. The molecule has 0 amide bonds. The number of hydrogen-bond acceptors (Lipinski definition) is 5. The summed E-state index contributed by atoms with van der Waals surface area (Å²) in [5, 5.41) is 12.2. The van der Waals surface area contributed by atoms with E-state index >= 15 is 0 Å². The number of methoxy groups -OCH3 is 2. The van der Waals surface area contributed by atoms with Crippen LogP contribution in [0.2, 0.25) is 0 Å². The van der Waals surface area contributed by atoms with Crippen molar-refractivity contribution < 1.29 is 19.4 Å². The first-order valence-electron chi connectivity index (χ1n) is 6.28. The fraction of sp³-hybridized carbons (Fsp3) is 0.500. The van der Waals surface area contributed by atoms with Gasteiger partial charge in [0.25, 0.3) is 0 Å². The summed E-state index contributed by atoms with van der Waals surface area (Å²) in [6, 6.07) is 4.94. The number of nitrogens with one attached hydrogen (secondary N) is 1. The van der Waals surface area contributed by atoms with E-state index in [1.165, 1.54) is 0 Å². The summed E-state index contributed by atoms with van der Waals surface area (Å²) in [5.41, 5.74) is 0.906. The van der Waals surface area contributed by atoms with Crippen LogP contribution in [0.3, 0.4) is 0 Å². The van der Waals surface area contributed by atoms with Crippen LogP contribution in [0, 0.1) is 0 Å². The van der Waals surface area contributed by atoms with E-state index in [0.29, 0.717) is 24.5 Å². The second-order valence-corrected chi connectivity index (χ2v) is 5.22. The second kappa shape index (κ2) is 8.71. The highest BCUT2D eigenvalue weighted by atomic mass is 32.2. The van der Waals surface area contributed by atoms with Crippen molar-refractivity contribution in [3.8, 4) is 11.5 Å². The third-order valence-electron chi connectivity index (χ3n) is 2.94. The predicted octanol–water partition coefficient (Wildman–Crippen LogP) is 2.00. The molecule has 0 aliphatic heterocycles. The van der Waals surface area contributed by atoms with E-state index in [1.807, 2.05) is 18.4 Å². The Balaban J connectivity index is 2.69. The number of hydrogen-bond donors (Lipinski definition) is 2. The summed E-state index contributed by atoms with van der Waals surface area (Å²) in [6.07, 6.45) is 2.56. The van der Waals surface area contributed by atoms with E-state index < -0.39 is 12.0 Å². The van der Waals surface area contributed by atoms with Gasteiger partial charge in [0.1, 0.15) is 17.5 Å². The van der Waals surface area contributed by atoms with Crippen LogP contribution in [0.15, 0.2) is 18.2 Å². The highest BCUT2D eigenvalue weighted by molar-refractivity contribution is 7.98. The van der Waals surface area contributed by atoms with E-state index in [0.717, 1.165) is 11.3 Å². The number of carboxylic acids is 1. The molecule has 0 heterocycles. The maximum Gasteiger partial charge on any atom is 0.320 e. The number of thioether (sulfide) groups is 1. The largest absolute Gasteiger partial charge is 0.497 e. The van der Waals surface area contributed by atoms with Gasteiger partial charge in [0, 0.05) is 18.2 Å². The van der Waals surface area contributed by atoms with Crippen LogP contribution in [0.25, 0.3) is 0 Å². The molecule has 112 valence electrons. The van der Waals surface area contributed by atoms with E-state index in [2.05, 4.69) is 5.32 Å². The average molecular weight is 299 g/mol. The maximum absolute atomic E-state index is 11.2. The molecule has 0 saturated carbocycles. The van der Waals surface area contributed by atoms with Gasteiger partial charge in [-0.2, -0.15) is 11.8 Å². The van der Waals surface area contributed by atoms with E-state index in [9.17, 15) is 4.79 Å². The van der Waals surface area contributed by atoms with Gasteiger partial charge in [0.05, 0.1) is 14.2 Å². The quantitative estimate of drug-likeness (QED) is 0.727. The first-order chi connectivity index (χ1) is 9.62. The Labute approximate surface area is 123 Å². The lowest BCUT2D eigenvalue weighted by atomic mass is 10.1. The fourth-order valence-corrected chi connectivity index (χ4v) is 2.25. The van der Waals surface area contributed by atoms with E-state index in [4.69, 9.17) is 14.6 Å². The Morgan fingerprint density at radius 3 is 2.70 bits per heavy atom. The second-order valence-electron chi connectivity index (χ2n) is 4.23. The number of benzene rings is 1. The Morgan fingerprint density at radius 1 is 1.40 bits per heavy atom. The van der Waals surface area contributed by atoms with Gasteiger partial charge < -0.3 is 19.9 Å². The standard InChI is InChI=1S/C14H21NO4S/c1-18-11-5-4-10(13(8-11)19-2)9-15-12(14(16)17)6-7-20-3/h4-5,8,12,15H,6-7,9H2,1-3H3,(H,16,17)/t12-/m0/s1. The third kappa shape index (κ3) is 4.94. The molecule has 0 bridgehead atoms. The number of aliphatic carboxylic acids is 1. The molecule has 0 saturated heterocycles. The lowest BCUT2D eigenvalue weighted by Gasteiger charge is -2.16. The molecule has 0 aromatic heterocycles. The lowest BCUT2D eigenvalue weighted by Crippen LogP contribution is -2.36. The zero-order valence-electron chi connectivity index (χ0n) is 12.0. The van der Waals surface area contributed by atoms with Crippen LogP contribution in [0.5, 0.6) is 11.5 Å². The van der Waals surface area contributed by atoms with Gasteiger partial charge in [0.15, 0.2) is 0 Å². The molecule has 6 heteroatoms. The zero-order chi connectivity index (χ0) is 15.0. The van der Waals surface area contributed by atoms with Gasteiger partial charge >= 0.3 is 5.97 Å². The van der Waals surface area contributed by atoms with Crippen molar-refractivity contribution in [1.82, 2.24) is 5.32 Å². The molecule has 0 aliphatic rings. The van der Waals surface area contributed by atoms with Crippen LogP contribution in [-0.4, -0.2) is 43.3 Å². The summed E-state index contributed by atoms with van der Waals surface area (Å²) < 4.78 is 10.4. The number of carboxylic acid groups (broad SMARTS) is 1. The summed E-state index contributed by atoms with van der Waals surface area (Å²) in [5.74, 6) is 1.38. The monoisotopic (exact) mass is 299 g/mol. The molecule has 0 fully saturated rings. The fourth-order valence-electron chi connectivity index (χ4n) is 1.78. The minimum absolute atomic E-state index is 0.443. The van der Waals surface area contributed by atoms with Gasteiger partial charge in [-0.05, 0) is 24.5 Å². The highest BCUT2D eigenvalue weighted by Crippen LogP contribution is 2.24. The average Bonchev–Trinajstić information content (AvgIpc) is 2.46. The molecule has 0 aliphatic carbocycles. The Morgan fingerprint density at radius 2 is 2.15 bits per heavy atom. The molecule has 0 unspecified atom stereocenters. The van der Waals surface area contributed by atoms with Gasteiger partial charge in [-0.15, -0.1) is 0 Å². The normalized spacial score (nSPS) is 11.9. The number of rotatable bonds is 9. The van der Waals surface area contributed by atoms with E-state index in [1.54, 1.807) is 32.0 Å². The van der Waals surface area contributed by atoms with Crippen LogP contribution in [0.4, 0.5) is 0 Å². The third-order valence-corrected chi connectivity index (χ3v) is 3.59. The van der Waals surface area contributed by atoms with Crippen molar-refractivity contribution in [1.29, 1.82) is 0 Å². The number of ether oxygens (including phenoxy) is 2. The predicted molar refractivity (Wildman–Crippen MR) is 80.8 cm³/mol. The molecular weight excluding hydrogens is 278 g/mol. The van der Waals surface area contributed by atoms with Crippen LogP contribution in [0.1, 0.15) is 12.0 Å². The molecule has 5 nitrogen and oxygen atoms in total. The molecule has 1 aromatic rings. The first kappa shape index (κ1) is 16.7. The SMILES string of the molecule is COc1ccc(CN[C@@H](CCSC)C(=O)O)c(OC)c1. The van der Waals surface area contributed by atoms with Gasteiger partial charge in [0.2, 0.25) is 0 Å². The van der Waals surface area contributed by atoms with Gasteiger partial charge in [-0.1, -0.05) is 6.07 Å². The number of carbonyl (C=O) groups is 1. The van der Waals surface area contributed by atoms with Crippen molar-refractivity contribution in [3.63, 3.8) is 0 Å². The van der Waals surface area contributed by atoms with Crippen LogP contribution in [-0.2, 0) is 11.3 Å². The minimum Gasteiger partial charge on any atom is -0.497 e. The van der Waals surface area contributed by atoms with Crippen LogP contribution >= 0.6 is 11.8 Å². The minimum atomic E-state index is -0.827. The molecule has 0 radical (unpaired) electrons. The maximum atomic E-state index is 11.2. The Bertz CT molecular complexity index is 439. The molecule has 1 rings (SSSR count). The summed E-state index contributed by atoms with van der Waals surface area (Å²) in [7, 11) is 3.18. The Kier molecular flexibility index (Phi) is 7.25. The van der Waals surface area contributed by atoms with Crippen molar-refractivity contribution in [3.05, 3.63) is 23.8 Å². The molecule has 2 N–H and O–H groups in total. The van der Waals surface area contributed by atoms with Crippen molar-refractivity contribution in [2.45, 2.75) is 19.0 Å². The molecule has 20 heavy (non-hydrogen) atoms. The molecule has 0 spiro atoms. The summed E-state index contributed by atoms with van der Waals surface area (Å²) in [4.78, 5) is 11.2. The van der Waals surface area contributed by atoms with Gasteiger partial charge in [-0.25, -0.2) is 0 Å². The van der Waals surface area contributed by atoms with Crippen molar-refractivity contribution in [2.24, 2.45) is 0 Å². The highest BCUT2D eigenvalue weighted by Gasteiger charge is 2.16. The van der Waals surface area contributed by atoms with Crippen molar-refractivity contribution >= 4 is 17.7 Å². The topological polar surface area (TPSA) is 67.8 Å². The van der Waals surface area contributed by atoms with Crippen molar-refractivity contribution in [2.75, 3.05) is 26.2 Å². The Hall–Kier alpha value is -1.40. The van der Waals surface area contributed by atoms with Crippen LogP contribution < -0.4 is 14.8 Å². The summed E-state index contributed by atoms with van der Waals surface area (Å²) >= 11 is 1.64. The summed E-state index contributed by atoms with van der Waals surface area (Å²) in [6.45, 7) is 0.443. The van der Waals surface area contributed by atoms with E-state index in [-0.39, 0.29) is 0 Å². The smallest absolute Gasteiger partial charge is 0.320 e. The molecule has 1 aromatic carbocycles. The van der Waals surface area contributed by atoms with Gasteiger partial charge in [-0.3, -0.25) is 4.79 Å². The first-order valence-corrected chi connectivity index (χ1v) is 7.67. The molecular formula is C14H21NO4S.